The van der Waals surface area contributed by atoms with Crippen molar-refractivity contribution in [1.29, 1.82) is 0 Å². The fourth-order valence-electron chi connectivity index (χ4n) is 2.40. The Labute approximate surface area is 161 Å². The number of para-hydroxylation sites is 3. The predicted molar refractivity (Wildman–Crippen MR) is 108 cm³/mol. The molecule has 0 saturated heterocycles. The highest BCUT2D eigenvalue weighted by Gasteiger charge is 2.24. The highest BCUT2D eigenvalue weighted by atomic mass is 32.2. The first kappa shape index (κ1) is 20.4. The van der Waals surface area contributed by atoms with Crippen molar-refractivity contribution in [3.63, 3.8) is 0 Å². The van der Waals surface area contributed by atoms with Crippen LogP contribution in [0.3, 0.4) is 0 Å². The van der Waals surface area contributed by atoms with Gasteiger partial charge in [0.25, 0.3) is 5.69 Å². The van der Waals surface area contributed by atoms with Crippen LogP contribution >= 0.6 is 11.8 Å². The number of anilines is 2. The number of hydrogen-bond acceptors (Lipinski definition) is 5. The molecule has 1 unspecified atom stereocenters. The summed E-state index contributed by atoms with van der Waals surface area (Å²) in [7, 11) is 0. The summed E-state index contributed by atoms with van der Waals surface area (Å²) in [6.45, 7) is 3.81. The number of rotatable bonds is 8. The molecule has 0 fully saturated rings. The van der Waals surface area contributed by atoms with Crippen LogP contribution < -0.4 is 10.6 Å². The van der Waals surface area contributed by atoms with E-state index in [4.69, 9.17) is 0 Å². The number of nitrogens with zero attached hydrogens (tertiary/aromatic N) is 1. The van der Waals surface area contributed by atoms with Crippen molar-refractivity contribution in [2.24, 2.45) is 5.92 Å². The van der Waals surface area contributed by atoms with E-state index in [0.717, 1.165) is 0 Å². The van der Waals surface area contributed by atoms with Crippen molar-refractivity contribution in [3.05, 3.63) is 64.7 Å². The lowest BCUT2D eigenvalue weighted by Crippen LogP contribution is -2.31. The molecule has 2 N–H and O–H groups in total. The lowest BCUT2D eigenvalue weighted by Gasteiger charge is -2.19. The molecule has 2 aromatic rings. The fraction of sp³-hybridized carbons (Fsp3) is 0.263. The van der Waals surface area contributed by atoms with Gasteiger partial charge in [-0.3, -0.25) is 19.7 Å². The molecule has 142 valence electrons. The Balaban J connectivity index is 1.96. The van der Waals surface area contributed by atoms with Crippen molar-refractivity contribution < 1.29 is 14.5 Å². The zero-order valence-corrected chi connectivity index (χ0v) is 15.9. The summed E-state index contributed by atoms with van der Waals surface area (Å²) in [5.74, 6) is -0.554. The lowest BCUT2D eigenvalue weighted by atomic mass is 10.1. The molecule has 2 amide bonds. The molecule has 0 radical (unpaired) electrons. The molecule has 0 aliphatic heterocycles. The van der Waals surface area contributed by atoms with Gasteiger partial charge in [-0.05, 0) is 24.1 Å². The predicted octanol–water partition coefficient (Wildman–Crippen LogP) is 3.93. The number of nitro groups is 1. The summed E-state index contributed by atoms with van der Waals surface area (Å²) in [4.78, 5) is 35.2. The maximum absolute atomic E-state index is 12.5. The Bertz CT molecular complexity index is 812. The van der Waals surface area contributed by atoms with Crippen LogP contribution in [0.25, 0.3) is 0 Å². The van der Waals surface area contributed by atoms with Crippen molar-refractivity contribution >= 4 is 40.6 Å². The van der Waals surface area contributed by atoms with Crippen molar-refractivity contribution in [2.75, 3.05) is 16.4 Å². The molecule has 0 bridgehead atoms. The Kier molecular flexibility index (Phi) is 7.36. The van der Waals surface area contributed by atoms with Crippen LogP contribution in [-0.2, 0) is 9.59 Å². The average Bonchev–Trinajstić information content (AvgIpc) is 2.62. The minimum Gasteiger partial charge on any atom is -0.325 e. The number of hydrogen-bond donors (Lipinski definition) is 2. The molecular weight excluding hydrogens is 366 g/mol. The summed E-state index contributed by atoms with van der Waals surface area (Å²) in [5.41, 5.74) is 0.666. The van der Waals surface area contributed by atoms with E-state index in [-0.39, 0.29) is 29.0 Å². The maximum atomic E-state index is 12.5. The summed E-state index contributed by atoms with van der Waals surface area (Å²) in [5, 5.41) is 16.0. The lowest BCUT2D eigenvalue weighted by molar-refractivity contribution is -0.383. The smallest absolute Gasteiger partial charge is 0.292 e. The normalized spacial score (nSPS) is 11.7. The van der Waals surface area contributed by atoms with Gasteiger partial charge in [-0.15, -0.1) is 11.8 Å². The van der Waals surface area contributed by atoms with Gasteiger partial charge in [0.2, 0.25) is 11.8 Å². The third-order valence-electron chi connectivity index (χ3n) is 3.67. The molecule has 7 nitrogen and oxygen atoms in total. The van der Waals surface area contributed by atoms with E-state index in [1.54, 1.807) is 18.2 Å². The van der Waals surface area contributed by atoms with Gasteiger partial charge < -0.3 is 10.6 Å². The standard InChI is InChI=1S/C19H21N3O4S/c1-13(2)18(19(24)20-14-8-4-3-5-9-14)27-12-17(23)21-15-10-6-7-11-16(15)22(25)26/h3-11,13,18H,12H2,1-2H3,(H,20,24)(H,21,23). The van der Waals surface area contributed by atoms with E-state index >= 15 is 0 Å². The monoisotopic (exact) mass is 387 g/mol. The highest BCUT2D eigenvalue weighted by Crippen LogP contribution is 2.25. The van der Waals surface area contributed by atoms with Crippen molar-refractivity contribution in [2.45, 2.75) is 19.1 Å². The minimum absolute atomic E-state index is 0.0110. The topological polar surface area (TPSA) is 101 Å². The highest BCUT2D eigenvalue weighted by molar-refractivity contribution is 8.01. The van der Waals surface area contributed by atoms with Gasteiger partial charge in [-0.1, -0.05) is 44.2 Å². The van der Waals surface area contributed by atoms with E-state index in [0.29, 0.717) is 5.69 Å². The molecule has 0 aliphatic carbocycles. The van der Waals surface area contributed by atoms with Crippen molar-refractivity contribution in [3.8, 4) is 0 Å². The number of nitrogens with one attached hydrogen (secondary N) is 2. The van der Waals surface area contributed by atoms with Crippen LogP contribution in [0.15, 0.2) is 54.6 Å². The number of nitro benzene ring substituents is 1. The second-order valence-electron chi connectivity index (χ2n) is 6.15. The Hall–Kier alpha value is -2.87. The quantitative estimate of drug-likeness (QED) is 0.528. The molecule has 8 heteroatoms. The molecule has 2 aromatic carbocycles. The Morgan fingerprint density at radius 2 is 1.67 bits per heavy atom. The van der Waals surface area contributed by atoms with Crippen LogP contribution in [0.2, 0.25) is 0 Å². The van der Waals surface area contributed by atoms with E-state index in [1.165, 1.54) is 30.0 Å². The van der Waals surface area contributed by atoms with Gasteiger partial charge >= 0.3 is 0 Å². The third kappa shape index (κ3) is 6.10. The first-order valence-electron chi connectivity index (χ1n) is 8.39. The molecule has 27 heavy (non-hydrogen) atoms. The van der Waals surface area contributed by atoms with E-state index in [2.05, 4.69) is 10.6 Å². The number of carbonyl (C=O) groups is 2. The zero-order valence-electron chi connectivity index (χ0n) is 15.0. The molecule has 0 aliphatic rings. The van der Waals surface area contributed by atoms with E-state index in [9.17, 15) is 19.7 Å². The third-order valence-corrected chi connectivity index (χ3v) is 5.22. The molecule has 0 aromatic heterocycles. The van der Waals surface area contributed by atoms with Gasteiger partial charge in [-0.25, -0.2) is 0 Å². The van der Waals surface area contributed by atoms with E-state index < -0.39 is 16.1 Å². The van der Waals surface area contributed by atoms with Gasteiger partial charge in [0, 0.05) is 11.8 Å². The number of thioether (sulfide) groups is 1. The minimum atomic E-state index is -0.549. The van der Waals surface area contributed by atoms with Gasteiger partial charge in [0.15, 0.2) is 0 Å². The fourth-order valence-corrected chi connectivity index (χ4v) is 3.39. The Morgan fingerprint density at radius 1 is 1.04 bits per heavy atom. The van der Waals surface area contributed by atoms with Crippen LogP contribution in [-0.4, -0.2) is 27.7 Å². The van der Waals surface area contributed by atoms with Crippen molar-refractivity contribution in [1.82, 2.24) is 0 Å². The second kappa shape index (κ2) is 9.72. The maximum Gasteiger partial charge on any atom is 0.292 e. The molecule has 2 rings (SSSR count). The van der Waals surface area contributed by atoms with Crippen LogP contribution in [0.1, 0.15) is 13.8 Å². The number of amides is 2. The molecule has 0 heterocycles. The largest absolute Gasteiger partial charge is 0.325 e. The van der Waals surface area contributed by atoms with E-state index in [1.807, 2.05) is 32.0 Å². The summed E-state index contributed by atoms with van der Waals surface area (Å²) >= 11 is 1.20. The SMILES string of the molecule is CC(C)C(SCC(=O)Nc1ccccc1[N+](=O)[O-])C(=O)Nc1ccccc1. The molecule has 0 spiro atoms. The molecule has 0 saturated carbocycles. The number of carbonyl (C=O) groups excluding carboxylic acids is 2. The number of benzene rings is 2. The zero-order chi connectivity index (χ0) is 19.8. The summed E-state index contributed by atoms with van der Waals surface area (Å²) in [6, 6.07) is 15.0. The molecular formula is C19H21N3O4S. The second-order valence-corrected chi connectivity index (χ2v) is 7.28. The first-order chi connectivity index (χ1) is 12.9. The van der Waals surface area contributed by atoms with Gasteiger partial charge in [0.05, 0.1) is 15.9 Å². The van der Waals surface area contributed by atoms with Crippen LogP contribution in [0.5, 0.6) is 0 Å². The summed E-state index contributed by atoms with van der Waals surface area (Å²) in [6.07, 6.45) is 0. The average molecular weight is 387 g/mol. The first-order valence-corrected chi connectivity index (χ1v) is 9.44. The molecule has 1 atom stereocenters. The Morgan fingerprint density at radius 3 is 2.30 bits per heavy atom. The van der Waals surface area contributed by atoms with Crippen LogP contribution in [0.4, 0.5) is 17.1 Å². The van der Waals surface area contributed by atoms with Crippen LogP contribution in [0, 0.1) is 16.0 Å². The van der Waals surface area contributed by atoms with Gasteiger partial charge in [0.1, 0.15) is 5.69 Å². The summed E-state index contributed by atoms with van der Waals surface area (Å²) < 4.78 is 0. The van der Waals surface area contributed by atoms with Gasteiger partial charge in [-0.2, -0.15) is 0 Å².